The molecule has 0 saturated heterocycles. The van der Waals surface area contributed by atoms with Crippen molar-refractivity contribution in [3.05, 3.63) is 144 Å². The third-order valence-electron chi connectivity index (χ3n) is 14.0. The van der Waals surface area contributed by atoms with E-state index in [1.54, 1.807) is 54.6 Å². The summed E-state index contributed by atoms with van der Waals surface area (Å²) < 4.78 is 462. The molecular formula is C56H44F34N2O5S. The zero-order valence-corrected chi connectivity index (χ0v) is 49.1. The minimum absolute atomic E-state index is 0.0317. The number of halogens is 34. The number of hydrogen-bond acceptors (Lipinski definition) is 5. The van der Waals surface area contributed by atoms with Crippen LogP contribution < -0.4 is 10.6 Å². The SMILES string of the molecule is C[C@H](NCCCC(F)(F)C(F)(F)C(F)(F)C(F)(F)C(F)(F)C(F)(F)C(F)(F)C(F)(F)F)c1ccccc1.C[C@H](NCCCC(F)(F)C(F)(F)C(F)(F)C(F)(F)C(F)(F)C(F)(F)C(F)(F)C(F)(F)F)c1ccccc1.O=C(O)c1ccccc1S(=O)c1cccc2cccc(C(=O)O)c12. The highest BCUT2D eigenvalue weighted by Gasteiger charge is 2.97. The Morgan fingerprint density at radius 3 is 0.929 bits per heavy atom. The van der Waals surface area contributed by atoms with Crippen LogP contribution in [0.5, 0.6) is 0 Å². The number of nitrogens with one attached hydrogen (secondary N) is 2. The number of rotatable bonds is 28. The minimum atomic E-state index is -8.60. The Balaban J connectivity index is 0.000000391. The summed E-state index contributed by atoms with van der Waals surface area (Å²) in [5.41, 5.74) is 0.999. The van der Waals surface area contributed by atoms with Gasteiger partial charge in [0.2, 0.25) is 0 Å². The first-order valence-corrected chi connectivity index (χ1v) is 27.6. The van der Waals surface area contributed by atoms with E-state index in [4.69, 9.17) is 0 Å². The van der Waals surface area contributed by atoms with Crippen LogP contribution in [0, 0.1) is 0 Å². The molecule has 0 bridgehead atoms. The average molecular weight is 1500 g/mol. The van der Waals surface area contributed by atoms with Gasteiger partial charge in [0.1, 0.15) is 0 Å². The monoisotopic (exact) mass is 1500 g/mol. The Labute approximate surface area is 530 Å². The molecule has 7 nitrogen and oxygen atoms in total. The van der Waals surface area contributed by atoms with Gasteiger partial charge in [-0.25, -0.2) is 13.8 Å². The van der Waals surface area contributed by atoms with Crippen molar-refractivity contribution in [2.24, 2.45) is 0 Å². The molecule has 0 aliphatic heterocycles. The summed E-state index contributed by atoms with van der Waals surface area (Å²) in [6.07, 6.45) is -22.9. The average Bonchev–Trinajstić information content (AvgIpc) is 0.702. The summed E-state index contributed by atoms with van der Waals surface area (Å²) in [5.74, 6) is -114. The second-order valence-corrected chi connectivity index (χ2v) is 22.1. The second-order valence-electron chi connectivity index (χ2n) is 20.7. The molecule has 5 rings (SSSR count). The van der Waals surface area contributed by atoms with Crippen LogP contribution in [0.25, 0.3) is 10.8 Å². The molecule has 552 valence electrons. The van der Waals surface area contributed by atoms with Crippen LogP contribution in [0.4, 0.5) is 149 Å². The molecule has 0 aliphatic rings. The number of carboxylic acids is 2. The lowest BCUT2D eigenvalue weighted by Crippen LogP contribution is -2.74. The lowest BCUT2D eigenvalue weighted by atomic mass is 9.88. The fourth-order valence-corrected chi connectivity index (χ4v) is 9.66. The van der Waals surface area contributed by atoms with Crippen LogP contribution in [0.3, 0.4) is 0 Å². The zero-order chi connectivity index (χ0) is 76.3. The predicted octanol–water partition coefficient (Wildman–Crippen LogP) is 19.7. The number of benzene rings is 5. The van der Waals surface area contributed by atoms with Crippen LogP contribution >= 0.6 is 0 Å². The Morgan fingerprint density at radius 1 is 0.347 bits per heavy atom. The van der Waals surface area contributed by atoms with E-state index in [9.17, 15) is 173 Å². The summed E-state index contributed by atoms with van der Waals surface area (Å²) in [7, 11) is -1.82. The normalized spacial score (nSPS) is 15.1. The molecule has 4 N–H and O–H groups in total. The number of carbonyl (C=O) groups is 2. The molecular weight excluding hydrogens is 1460 g/mol. The quantitative estimate of drug-likeness (QED) is 0.0291. The van der Waals surface area contributed by atoms with Crippen LogP contribution in [-0.4, -0.2) is 135 Å². The number of alkyl halides is 34. The van der Waals surface area contributed by atoms with Crippen LogP contribution in [0.15, 0.2) is 131 Å². The number of aromatic carboxylic acids is 2. The molecule has 5 aromatic rings. The highest BCUT2D eigenvalue weighted by Crippen LogP contribution is 2.66. The first-order chi connectivity index (χ1) is 44.0. The van der Waals surface area contributed by atoms with Gasteiger partial charge in [-0.15, -0.1) is 0 Å². The van der Waals surface area contributed by atoms with Crippen molar-refractivity contribution < 1.29 is 173 Å². The van der Waals surface area contributed by atoms with E-state index in [1.807, 2.05) is 0 Å². The zero-order valence-electron chi connectivity index (χ0n) is 48.3. The summed E-state index contributed by atoms with van der Waals surface area (Å²) in [6.45, 7) is 1.48. The van der Waals surface area contributed by atoms with Gasteiger partial charge < -0.3 is 20.8 Å². The van der Waals surface area contributed by atoms with Gasteiger partial charge in [0.15, 0.2) is 0 Å². The molecule has 0 aliphatic carbocycles. The maximum atomic E-state index is 13.8. The van der Waals surface area contributed by atoms with Gasteiger partial charge in [0.25, 0.3) is 0 Å². The molecule has 0 saturated carbocycles. The van der Waals surface area contributed by atoms with E-state index < -0.39 is 169 Å². The Kier molecular flexibility index (Phi) is 25.5. The molecule has 0 heterocycles. The standard InChI is InChI=1S/2C19H16F17N.C18H12O5S/c2*1-10(11-6-3-2-4-7-11)37-9-5-8-12(20,21)13(22,23)14(24,25)15(26,27)16(28,29)17(30,31)18(32,33)19(34,35)36;19-17(20)12-7-1-2-9-14(12)24(23)15-10-4-6-11-5-3-8-13(16(11)15)18(21)22/h2*2-4,6-7,10,37H,5,8-9H2,1H3;1-10H,(H,19,20)(H,21,22)/t2*10-;/m00./s1. The first kappa shape index (κ1) is 85.2. The molecule has 1 unspecified atom stereocenters. The van der Waals surface area contributed by atoms with E-state index in [1.165, 1.54) is 80.6 Å². The van der Waals surface area contributed by atoms with E-state index in [0.29, 0.717) is 21.9 Å². The molecule has 0 fully saturated rings. The van der Waals surface area contributed by atoms with Crippen molar-refractivity contribution in [2.75, 3.05) is 13.1 Å². The van der Waals surface area contributed by atoms with E-state index in [-0.39, 0.29) is 20.9 Å². The third-order valence-corrected chi connectivity index (χ3v) is 15.5. The maximum Gasteiger partial charge on any atom is 0.460 e. The van der Waals surface area contributed by atoms with Crippen molar-refractivity contribution in [1.82, 2.24) is 10.6 Å². The molecule has 0 amide bonds. The van der Waals surface area contributed by atoms with Crippen LogP contribution in [0.1, 0.15) is 83.5 Å². The molecule has 3 atom stereocenters. The topological polar surface area (TPSA) is 116 Å². The fraction of sp³-hybridized carbons (Fsp3) is 0.464. The molecule has 0 aromatic heterocycles. The first-order valence-electron chi connectivity index (χ1n) is 26.5. The molecule has 98 heavy (non-hydrogen) atoms. The van der Waals surface area contributed by atoms with Gasteiger partial charge in [-0.2, -0.15) is 149 Å². The van der Waals surface area contributed by atoms with Crippen LogP contribution in [-0.2, 0) is 10.8 Å². The number of carboxylic acid groups (broad SMARTS) is 2. The van der Waals surface area contributed by atoms with Crippen molar-refractivity contribution in [1.29, 1.82) is 0 Å². The van der Waals surface area contributed by atoms with E-state index in [0.717, 1.165) is 0 Å². The molecule has 42 heteroatoms. The van der Waals surface area contributed by atoms with Crippen molar-refractivity contribution in [3.63, 3.8) is 0 Å². The van der Waals surface area contributed by atoms with Crippen LogP contribution in [0.2, 0.25) is 0 Å². The summed E-state index contributed by atoms with van der Waals surface area (Å²) >= 11 is 0. The number of fused-ring (bicyclic) bond motifs is 1. The lowest BCUT2D eigenvalue weighted by Gasteiger charge is -2.42. The second kappa shape index (κ2) is 29.3. The van der Waals surface area contributed by atoms with Crippen molar-refractivity contribution in [3.8, 4) is 0 Å². The lowest BCUT2D eigenvalue weighted by molar-refractivity contribution is -0.461. The number of hydrogen-bond donors (Lipinski definition) is 4. The van der Waals surface area contributed by atoms with Gasteiger partial charge >= 0.3 is 107 Å². The summed E-state index contributed by atoms with van der Waals surface area (Å²) in [4.78, 5) is 23.3. The Hall–Kier alpha value is -7.01. The maximum absolute atomic E-state index is 13.8. The smallest absolute Gasteiger partial charge is 0.460 e. The predicted molar refractivity (Wildman–Crippen MR) is 275 cm³/mol. The van der Waals surface area contributed by atoms with Gasteiger partial charge in [0.05, 0.1) is 31.7 Å². The minimum Gasteiger partial charge on any atom is -0.478 e. The molecule has 0 spiro atoms. The van der Waals surface area contributed by atoms with Gasteiger partial charge in [-0.05, 0) is 80.6 Å². The highest BCUT2D eigenvalue weighted by atomic mass is 32.2. The summed E-state index contributed by atoms with van der Waals surface area (Å²) in [5, 5.41) is 24.6. The van der Waals surface area contributed by atoms with Gasteiger partial charge in [0, 0.05) is 30.3 Å². The Morgan fingerprint density at radius 2 is 0.612 bits per heavy atom. The molecule has 0 radical (unpaired) electrons. The van der Waals surface area contributed by atoms with E-state index >= 15 is 0 Å². The summed E-state index contributed by atoms with van der Waals surface area (Å²) in [6, 6.07) is 29.8. The molecule has 5 aromatic carbocycles. The fourth-order valence-electron chi connectivity index (χ4n) is 8.25. The van der Waals surface area contributed by atoms with E-state index in [2.05, 4.69) is 10.6 Å². The van der Waals surface area contributed by atoms with Crippen molar-refractivity contribution >= 4 is 33.5 Å². The van der Waals surface area contributed by atoms with Gasteiger partial charge in [-0.3, -0.25) is 0 Å². The van der Waals surface area contributed by atoms with Gasteiger partial charge in [-0.1, -0.05) is 97.1 Å². The highest BCUT2D eigenvalue weighted by molar-refractivity contribution is 7.85. The Bertz CT molecular complexity index is 3380. The van der Waals surface area contributed by atoms with Crippen molar-refractivity contribution in [2.45, 2.75) is 157 Å². The third kappa shape index (κ3) is 15.6. The largest absolute Gasteiger partial charge is 0.478 e.